The molecule has 0 saturated carbocycles. The van der Waals surface area contributed by atoms with Crippen LogP contribution in [0, 0.1) is 5.82 Å². The first kappa shape index (κ1) is 12.3. The van der Waals surface area contributed by atoms with Gasteiger partial charge in [0.25, 0.3) is 0 Å². The largest absolute Gasteiger partial charge is 0.419 e. The summed E-state index contributed by atoms with van der Waals surface area (Å²) < 4.78 is 51.3. The number of nitrogens with one attached hydrogen (secondary N) is 1. The van der Waals surface area contributed by atoms with Crippen molar-refractivity contribution < 1.29 is 17.6 Å². The Hall–Kier alpha value is -2.11. The fourth-order valence-electron chi connectivity index (χ4n) is 1.59. The van der Waals surface area contributed by atoms with E-state index >= 15 is 0 Å². The summed E-state index contributed by atoms with van der Waals surface area (Å²) in [6, 6.07) is 5.33. The lowest BCUT2D eigenvalue weighted by Crippen LogP contribution is -2.09. The number of alkyl halides is 3. The number of hydrogen-bond donors (Lipinski definition) is 1. The van der Waals surface area contributed by atoms with Crippen molar-refractivity contribution in [2.75, 3.05) is 0 Å². The number of rotatable bonds is 1. The van der Waals surface area contributed by atoms with Crippen molar-refractivity contribution in [3.05, 3.63) is 58.3 Å². The van der Waals surface area contributed by atoms with Crippen LogP contribution in [0.5, 0.6) is 0 Å². The van der Waals surface area contributed by atoms with Crippen LogP contribution < -0.4 is 5.56 Å². The van der Waals surface area contributed by atoms with Gasteiger partial charge in [0, 0.05) is 17.8 Å². The van der Waals surface area contributed by atoms with Crippen LogP contribution in [0.1, 0.15) is 5.56 Å². The van der Waals surface area contributed by atoms with Crippen LogP contribution in [0.4, 0.5) is 17.6 Å². The van der Waals surface area contributed by atoms with Crippen LogP contribution in [0.2, 0.25) is 0 Å². The van der Waals surface area contributed by atoms with E-state index in [2.05, 4.69) is 4.98 Å². The lowest BCUT2D eigenvalue weighted by molar-refractivity contribution is -0.139. The first-order chi connectivity index (χ1) is 8.39. The first-order valence-electron chi connectivity index (χ1n) is 4.94. The highest BCUT2D eigenvalue weighted by Crippen LogP contribution is 2.35. The molecule has 0 bridgehead atoms. The van der Waals surface area contributed by atoms with E-state index in [9.17, 15) is 22.4 Å². The predicted molar refractivity (Wildman–Crippen MR) is 57.5 cm³/mol. The van der Waals surface area contributed by atoms with Crippen molar-refractivity contribution in [2.45, 2.75) is 6.18 Å². The van der Waals surface area contributed by atoms with Crippen molar-refractivity contribution in [3.8, 4) is 11.1 Å². The Morgan fingerprint density at radius 1 is 1.11 bits per heavy atom. The molecule has 0 fully saturated rings. The molecule has 0 aliphatic heterocycles. The molecule has 0 atom stereocenters. The van der Waals surface area contributed by atoms with Gasteiger partial charge < -0.3 is 4.98 Å². The second kappa shape index (κ2) is 4.29. The van der Waals surface area contributed by atoms with E-state index in [1.54, 1.807) is 0 Å². The standard InChI is InChI=1S/C12H7F4NO/c13-11-8(7-4-5-17-10(18)6-7)2-1-3-9(11)12(14,15)16/h1-6H,(H,17,18). The molecule has 1 aromatic carbocycles. The van der Waals surface area contributed by atoms with Crippen molar-refractivity contribution in [3.63, 3.8) is 0 Å². The van der Waals surface area contributed by atoms with E-state index < -0.39 is 23.1 Å². The van der Waals surface area contributed by atoms with Gasteiger partial charge in [-0.25, -0.2) is 4.39 Å². The minimum absolute atomic E-state index is 0.0994. The van der Waals surface area contributed by atoms with E-state index in [1.165, 1.54) is 18.3 Å². The number of benzene rings is 1. The average molecular weight is 257 g/mol. The summed E-state index contributed by atoms with van der Waals surface area (Å²) in [4.78, 5) is 13.4. The molecule has 18 heavy (non-hydrogen) atoms. The SMILES string of the molecule is O=c1cc(-c2cccc(C(F)(F)F)c2F)cc[nH]1. The molecule has 0 spiro atoms. The lowest BCUT2D eigenvalue weighted by atomic mass is 10.0. The maximum atomic E-state index is 13.8. The molecule has 0 aliphatic carbocycles. The average Bonchev–Trinajstić information content (AvgIpc) is 2.27. The van der Waals surface area contributed by atoms with Crippen LogP contribution in [0.3, 0.4) is 0 Å². The molecule has 1 aromatic heterocycles. The summed E-state index contributed by atoms with van der Waals surface area (Å²) in [6.45, 7) is 0. The highest BCUT2D eigenvalue weighted by molar-refractivity contribution is 5.64. The quantitative estimate of drug-likeness (QED) is 0.782. The summed E-state index contributed by atoms with van der Waals surface area (Å²) in [5, 5.41) is 0. The smallest absolute Gasteiger partial charge is 0.329 e. The fourth-order valence-corrected chi connectivity index (χ4v) is 1.59. The second-order valence-corrected chi connectivity index (χ2v) is 3.61. The van der Waals surface area contributed by atoms with Gasteiger partial charge in [-0.05, 0) is 17.7 Å². The Balaban J connectivity index is 2.64. The van der Waals surface area contributed by atoms with Gasteiger partial charge in [-0.3, -0.25) is 4.79 Å². The molecule has 0 aliphatic rings. The number of hydrogen-bond acceptors (Lipinski definition) is 1. The predicted octanol–water partition coefficient (Wildman–Crippen LogP) is 3.20. The monoisotopic (exact) mass is 257 g/mol. The van der Waals surface area contributed by atoms with Gasteiger partial charge in [0.05, 0.1) is 5.56 Å². The number of aromatic amines is 1. The second-order valence-electron chi connectivity index (χ2n) is 3.61. The molecule has 0 radical (unpaired) electrons. The van der Waals surface area contributed by atoms with Gasteiger partial charge in [-0.15, -0.1) is 0 Å². The molecule has 2 nitrogen and oxygen atoms in total. The van der Waals surface area contributed by atoms with Gasteiger partial charge in [0.15, 0.2) is 0 Å². The summed E-state index contributed by atoms with van der Waals surface area (Å²) in [6.07, 6.45) is -3.52. The zero-order valence-corrected chi connectivity index (χ0v) is 8.88. The molecule has 0 amide bonds. The zero-order chi connectivity index (χ0) is 13.3. The molecular weight excluding hydrogens is 250 g/mol. The van der Waals surface area contributed by atoms with Gasteiger partial charge in [-0.1, -0.05) is 12.1 Å². The molecule has 2 aromatic rings. The number of aromatic nitrogens is 1. The van der Waals surface area contributed by atoms with Gasteiger partial charge in [0.2, 0.25) is 5.56 Å². The topological polar surface area (TPSA) is 32.9 Å². The molecule has 1 N–H and O–H groups in total. The third-order valence-electron chi connectivity index (χ3n) is 2.39. The van der Waals surface area contributed by atoms with Crippen molar-refractivity contribution in [1.29, 1.82) is 0 Å². The summed E-state index contributed by atoms with van der Waals surface area (Å²) in [5.74, 6) is -1.38. The van der Waals surface area contributed by atoms with E-state index in [1.807, 2.05) is 0 Å². The third kappa shape index (κ3) is 2.27. The van der Waals surface area contributed by atoms with Crippen molar-refractivity contribution >= 4 is 0 Å². The van der Waals surface area contributed by atoms with Crippen LogP contribution in [-0.4, -0.2) is 4.98 Å². The zero-order valence-electron chi connectivity index (χ0n) is 8.88. The molecule has 0 unspecified atom stereocenters. The highest BCUT2D eigenvalue weighted by atomic mass is 19.4. The molecule has 1 heterocycles. The van der Waals surface area contributed by atoms with Crippen LogP contribution >= 0.6 is 0 Å². The van der Waals surface area contributed by atoms with Gasteiger partial charge in [0.1, 0.15) is 5.82 Å². The Labute approximate surface area is 98.9 Å². The minimum atomic E-state index is -4.76. The van der Waals surface area contributed by atoms with Crippen LogP contribution in [-0.2, 0) is 6.18 Å². The minimum Gasteiger partial charge on any atom is -0.329 e. The van der Waals surface area contributed by atoms with Gasteiger partial charge in [-0.2, -0.15) is 13.2 Å². The maximum Gasteiger partial charge on any atom is 0.419 e. The van der Waals surface area contributed by atoms with Gasteiger partial charge >= 0.3 is 6.18 Å². The molecule has 0 saturated heterocycles. The molecule has 94 valence electrons. The molecule has 2 rings (SSSR count). The lowest BCUT2D eigenvalue weighted by Gasteiger charge is -2.10. The van der Waals surface area contributed by atoms with Crippen LogP contribution in [0.15, 0.2) is 41.3 Å². The molecular formula is C12H7F4NO. The Morgan fingerprint density at radius 2 is 1.83 bits per heavy atom. The van der Waals surface area contributed by atoms with E-state index in [0.717, 1.165) is 12.1 Å². The molecule has 6 heteroatoms. The van der Waals surface area contributed by atoms with Crippen LogP contribution in [0.25, 0.3) is 11.1 Å². The number of halogens is 4. The first-order valence-corrected chi connectivity index (χ1v) is 4.94. The Bertz CT molecular complexity index is 630. The highest BCUT2D eigenvalue weighted by Gasteiger charge is 2.34. The van der Waals surface area contributed by atoms with E-state index in [-0.39, 0.29) is 11.1 Å². The Kier molecular flexibility index (Phi) is 2.94. The summed E-state index contributed by atoms with van der Waals surface area (Å²) in [7, 11) is 0. The summed E-state index contributed by atoms with van der Waals surface area (Å²) in [5.41, 5.74) is -2.01. The third-order valence-corrected chi connectivity index (χ3v) is 2.39. The maximum absolute atomic E-state index is 13.8. The number of H-pyrrole nitrogens is 1. The van der Waals surface area contributed by atoms with Crippen molar-refractivity contribution in [1.82, 2.24) is 4.98 Å². The summed E-state index contributed by atoms with van der Waals surface area (Å²) >= 11 is 0. The van der Waals surface area contributed by atoms with E-state index in [4.69, 9.17) is 0 Å². The number of pyridine rings is 1. The Morgan fingerprint density at radius 3 is 2.44 bits per heavy atom. The normalized spacial score (nSPS) is 11.6. The van der Waals surface area contributed by atoms with Crippen molar-refractivity contribution in [2.24, 2.45) is 0 Å². The van der Waals surface area contributed by atoms with E-state index in [0.29, 0.717) is 6.07 Å². The fraction of sp³-hybridized carbons (Fsp3) is 0.0833.